The summed E-state index contributed by atoms with van der Waals surface area (Å²) in [4.78, 5) is 52.1. The first kappa shape index (κ1) is 36.1. The van der Waals surface area contributed by atoms with E-state index in [1.54, 1.807) is 25.7 Å². The summed E-state index contributed by atoms with van der Waals surface area (Å²) in [6.07, 6.45) is 1.12. The molecule has 2 atom stereocenters. The Morgan fingerprint density at radius 3 is 2.24 bits per heavy atom. The van der Waals surface area contributed by atoms with Crippen molar-refractivity contribution < 1.29 is 37.8 Å². The molecule has 248 valence electrons. The molecule has 1 aromatic carbocycles. The van der Waals surface area contributed by atoms with Gasteiger partial charge in [0.15, 0.2) is 5.82 Å². The van der Waals surface area contributed by atoms with Gasteiger partial charge in [0.1, 0.15) is 11.7 Å². The minimum absolute atomic E-state index is 0.0181. The molecule has 1 aliphatic rings. The first-order chi connectivity index (χ1) is 21.6. The SMILES string of the molecule is CCCCOC(=O)N1CCN(C(=O)C(CP(=O)(OCC)OCC)NC(=O)c2cc(CC[C@@H](C)O)nc(-c3ccccc3)n2)CC1. The molecule has 1 aromatic heterocycles. The number of hydrogen-bond acceptors (Lipinski definition) is 10. The number of amides is 3. The van der Waals surface area contributed by atoms with E-state index in [0.29, 0.717) is 36.5 Å². The van der Waals surface area contributed by atoms with Gasteiger partial charge in [-0.1, -0.05) is 43.7 Å². The van der Waals surface area contributed by atoms with Crippen LogP contribution in [0.4, 0.5) is 4.79 Å². The number of nitrogens with one attached hydrogen (secondary N) is 1. The number of aromatic nitrogens is 2. The average Bonchev–Trinajstić information content (AvgIpc) is 3.03. The summed E-state index contributed by atoms with van der Waals surface area (Å²) < 4.78 is 29.8. The van der Waals surface area contributed by atoms with E-state index in [2.05, 4.69) is 15.3 Å². The van der Waals surface area contributed by atoms with E-state index >= 15 is 0 Å². The summed E-state index contributed by atoms with van der Waals surface area (Å²) in [6, 6.07) is 9.43. The number of nitrogens with zero attached hydrogens (tertiary/aromatic N) is 4. The molecule has 2 N–H and O–H groups in total. The zero-order valence-corrected chi connectivity index (χ0v) is 27.5. The molecule has 13 nitrogen and oxygen atoms in total. The van der Waals surface area contributed by atoms with Crippen molar-refractivity contribution in [2.45, 2.75) is 65.5 Å². The van der Waals surface area contributed by atoms with Crippen molar-refractivity contribution in [1.82, 2.24) is 25.1 Å². The Morgan fingerprint density at radius 2 is 1.64 bits per heavy atom. The van der Waals surface area contributed by atoms with Crippen LogP contribution in [0.15, 0.2) is 36.4 Å². The number of piperazine rings is 1. The Morgan fingerprint density at radius 1 is 1.00 bits per heavy atom. The first-order valence-corrected chi connectivity index (χ1v) is 17.3. The number of benzene rings is 1. The number of aliphatic hydroxyl groups excluding tert-OH is 1. The molecular formula is C31H46N5O8P. The van der Waals surface area contributed by atoms with E-state index in [0.717, 1.165) is 12.8 Å². The van der Waals surface area contributed by atoms with Gasteiger partial charge in [0.05, 0.1) is 32.1 Å². The maximum atomic E-state index is 13.9. The summed E-state index contributed by atoms with van der Waals surface area (Å²) >= 11 is 0. The van der Waals surface area contributed by atoms with Crippen LogP contribution in [-0.4, -0.2) is 107 Å². The van der Waals surface area contributed by atoms with Crippen LogP contribution >= 0.6 is 7.60 Å². The van der Waals surface area contributed by atoms with Crippen LogP contribution in [0.25, 0.3) is 11.4 Å². The van der Waals surface area contributed by atoms with E-state index in [-0.39, 0.29) is 51.2 Å². The molecule has 2 aromatic rings. The lowest BCUT2D eigenvalue weighted by molar-refractivity contribution is -0.134. The highest BCUT2D eigenvalue weighted by molar-refractivity contribution is 7.54. The Hall–Kier alpha value is -3.38. The number of aryl methyl sites for hydroxylation is 1. The lowest BCUT2D eigenvalue weighted by Crippen LogP contribution is -2.57. The topological polar surface area (TPSA) is 160 Å². The summed E-state index contributed by atoms with van der Waals surface area (Å²) in [5.41, 5.74) is 1.26. The standard InChI is InChI=1S/C31H46N5O8P/c1-5-8-20-42-31(40)36-18-16-35(17-19-36)30(39)27(22-45(41,43-6-2)44-7-3)34-29(38)26-21-25(15-14-23(4)37)32-28(33-26)24-12-10-9-11-13-24/h9-13,21,23,27,37H,5-8,14-20,22H2,1-4H3,(H,34,38)/t23-,27?/m1/s1. The molecule has 0 bridgehead atoms. The third-order valence-electron chi connectivity index (χ3n) is 7.10. The molecule has 0 spiro atoms. The molecule has 0 saturated carbocycles. The van der Waals surface area contributed by atoms with Crippen LogP contribution in [0.2, 0.25) is 0 Å². The number of ether oxygens (including phenoxy) is 1. The van der Waals surface area contributed by atoms with E-state index in [1.807, 2.05) is 37.3 Å². The normalized spacial score (nSPS) is 15.0. The molecule has 14 heteroatoms. The second-order valence-corrected chi connectivity index (χ2v) is 12.9. The predicted molar refractivity (Wildman–Crippen MR) is 169 cm³/mol. The Kier molecular flexibility index (Phi) is 14.4. The highest BCUT2D eigenvalue weighted by Crippen LogP contribution is 2.48. The number of rotatable bonds is 16. The van der Waals surface area contributed by atoms with Gasteiger partial charge in [0.2, 0.25) is 5.91 Å². The van der Waals surface area contributed by atoms with Crippen molar-refractivity contribution in [2.75, 3.05) is 52.2 Å². The van der Waals surface area contributed by atoms with Gasteiger partial charge in [-0.25, -0.2) is 14.8 Å². The number of carbonyl (C=O) groups is 3. The van der Waals surface area contributed by atoms with Crippen molar-refractivity contribution in [3.8, 4) is 11.4 Å². The van der Waals surface area contributed by atoms with Crippen LogP contribution in [-0.2, 0) is 29.6 Å². The van der Waals surface area contributed by atoms with Gasteiger partial charge in [-0.2, -0.15) is 0 Å². The highest BCUT2D eigenvalue weighted by atomic mass is 31.2. The van der Waals surface area contributed by atoms with Crippen molar-refractivity contribution in [3.63, 3.8) is 0 Å². The molecule has 1 aliphatic heterocycles. The molecule has 3 amide bonds. The fraction of sp³-hybridized carbons (Fsp3) is 0.581. The quantitative estimate of drug-likeness (QED) is 0.202. The monoisotopic (exact) mass is 647 g/mol. The van der Waals surface area contributed by atoms with Crippen molar-refractivity contribution in [2.24, 2.45) is 0 Å². The maximum absolute atomic E-state index is 13.9. The van der Waals surface area contributed by atoms with E-state index < -0.39 is 37.6 Å². The summed E-state index contributed by atoms with van der Waals surface area (Å²) in [5.74, 6) is -0.819. The maximum Gasteiger partial charge on any atom is 0.409 e. The molecule has 0 radical (unpaired) electrons. The van der Waals surface area contributed by atoms with Crippen molar-refractivity contribution >= 4 is 25.5 Å². The molecule has 2 heterocycles. The third-order valence-corrected chi connectivity index (χ3v) is 9.21. The van der Waals surface area contributed by atoms with E-state index in [1.165, 1.54) is 11.0 Å². The third kappa shape index (κ3) is 11.2. The predicted octanol–water partition coefficient (Wildman–Crippen LogP) is 3.90. The van der Waals surface area contributed by atoms with Crippen LogP contribution < -0.4 is 5.32 Å². The van der Waals surface area contributed by atoms with Gasteiger partial charge >= 0.3 is 13.7 Å². The van der Waals surface area contributed by atoms with Crippen LogP contribution in [0.1, 0.15) is 63.1 Å². The van der Waals surface area contributed by atoms with Crippen molar-refractivity contribution in [1.29, 1.82) is 0 Å². The van der Waals surface area contributed by atoms with Gasteiger partial charge in [-0.05, 0) is 46.1 Å². The van der Waals surface area contributed by atoms with E-state index in [4.69, 9.17) is 13.8 Å². The lowest BCUT2D eigenvalue weighted by atomic mass is 10.1. The van der Waals surface area contributed by atoms with Crippen LogP contribution in [0, 0.1) is 0 Å². The van der Waals surface area contributed by atoms with Gasteiger partial charge in [0, 0.05) is 37.4 Å². The fourth-order valence-electron chi connectivity index (χ4n) is 4.72. The van der Waals surface area contributed by atoms with Crippen LogP contribution in [0.3, 0.4) is 0 Å². The average molecular weight is 648 g/mol. The number of hydrogen-bond donors (Lipinski definition) is 2. The fourth-order valence-corrected chi connectivity index (χ4v) is 6.48. The minimum atomic E-state index is -3.77. The largest absolute Gasteiger partial charge is 0.449 e. The van der Waals surface area contributed by atoms with Crippen LogP contribution in [0.5, 0.6) is 0 Å². The Bertz CT molecular complexity index is 1290. The summed E-state index contributed by atoms with van der Waals surface area (Å²) in [5, 5.41) is 12.6. The molecule has 1 fully saturated rings. The number of carbonyl (C=O) groups excluding carboxylic acids is 3. The Balaban J connectivity index is 1.86. The number of unbranched alkanes of at least 4 members (excludes halogenated alkanes) is 1. The molecule has 3 rings (SSSR count). The molecule has 1 saturated heterocycles. The van der Waals surface area contributed by atoms with E-state index in [9.17, 15) is 24.1 Å². The number of aliphatic hydroxyl groups is 1. The zero-order valence-electron chi connectivity index (χ0n) is 26.6. The highest BCUT2D eigenvalue weighted by Gasteiger charge is 2.37. The minimum Gasteiger partial charge on any atom is -0.449 e. The second kappa shape index (κ2) is 17.9. The molecule has 0 aliphatic carbocycles. The second-order valence-electron chi connectivity index (χ2n) is 10.8. The molecule has 45 heavy (non-hydrogen) atoms. The van der Waals surface area contributed by atoms with Gasteiger partial charge in [-0.15, -0.1) is 0 Å². The summed E-state index contributed by atoms with van der Waals surface area (Å²) in [6.45, 7) is 8.45. The zero-order chi connectivity index (χ0) is 32.8. The van der Waals surface area contributed by atoms with Gasteiger partial charge in [-0.3, -0.25) is 14.2 Å². The van der Waals surface area contributed by atoms with Crippen molar-refractivity contribution in [3.05, 3.63) is 47.8 Å². The lowest BCUT2D eigenvalue weighted by Gasteiger charge is -2.36. The molecule has 1 unspecified atom stereocenters. The first-order valence-electron chi connectivity index (χ1n) is 15.6. The summed E-state index contributed by atoms with van der Waals surface area (Å²) in [7, 11) is -3.77. The van der Waals surface area contributed by atoms with Gasteiger partial charge in [0.25, 0.3) is 5.91 Å². The molecular weight excluding hydrogens is 601 g/mol. The van der Waals surface area contributed by atoms with Gasteiger partial charge < -0.3 is 34.0 Å². The Labute approximate surface area is 265 Å². The smallest absolute Gasteiger partial charge is 0.409 e.